The largest absolute Gasteiger partial charge is 0.507 e. The van der Waals surface area contributed by atoms with Crippen molar-refractivity contribution in [2.24, 2.45) is 4.99 Å². The highest BCUT2D eigenvalue weighted by molar-refractivity contribution is 6.12. The molecule has 4 aromatic rings. The Bertz CT molecular complexity index is 1170. The minimum absolute atomic E-state index is 0.220. The molecule has 4 nitrogen and oxygen atoms in total. The number of phenols is 1. The first kappa shape index (κ1) is 14.8. The van der Waals surface area contributed by atoms with Crippen LogP contribution in [-0.4, -0.2) is 20.8 Å². The first-order valence-electron chi connectivity index (χ1n) is 8.50. The molecule has 5 rings (SSSR count). The van der Waals surface area contributed by atoms with Crippen LogP contribution in [0.4, 0.5) is 5.69 Å². The van der Waals surface area contributed by atoms with Crippen molar-refractivity contribution in [3.63, 3.8) is 0 Å². The third kappa shape index (κ3) is 2.35. The van der Waals surface area contributed by atoms with Crippen molar-refractivity contribution in [2.45, 2.75) is 6.42 Å². The van der Waals surface area contributed by atoms with E-state index < -0.39 is 0 Å². The van der Waals surface area contributed by atoms with Crippen LogP contribution in [0.2, 0.25) is 0 Å². The first-order chi connectivity index (χ1) is 12.8. The molecule has 1 heterocycles. The number of aliphatic imine (C=N–C) groups is 1. The maximum absolute atomic E-state index is 10.5. The predicted octanol–water partition coefficient (Wildman–Crippen LogP) is 4.68. The van der Waals surface area contributed by atoms with Crippen molar-refractivity contribution >= 4 is 22.4 Å². The van der Waals surface area contributed by atoms with Gasteiger partial charge in [-0.15, -0.1) is 0 Å². The summed E-state index contributed by atoms with van der Waals surface area (Å²) in [6, 6.07) is 23.1. The normalized spacial score (nSPS) is 14.2. The quantitative estimate of drug-likeness (QED) is 0.549. The van der Waals surface area contributed by atoms with Crippen molar-refractivity contribution in [3.8, 4) is 17.0 Å². The minimum Gasteiger partial charge on any atom is -0.507 e. The number of hydrogen-bond acceptors (Lipinski definition) is 4. The van der Waals surface area contributed by atoms with Gasteiger partial charge in [0.2, 0.25) is 0 Å². The highest BCUT2D eigenvalue weighted by atomic mass is 16.3. The first-order valence-corrected chi connectivity index (χ1v) is 8.50. The SMILES string of the molecule is Oc1cccc2c1C(=Nc1ccccc1)Cc1nc3ccccc3nc1-2. The molecule has 26 heavy (non-hydrogen) atoms. The van der Waals surface area contributed by atoms with Crippen LogP contribution in [0.15, 0.2) is 77.8 Å². The van der Waals surface area contributed by atoms with Gasteiger partial charge >= 0.3 is 0 Å². The van der Waals surface area contributed by atoms with Crippen LogP contribution in [0, 0.1) is 0 Å². The molecule has 124 valence electrons. The topological polar surface area (TPSA) is 58.4 Å². The van der Waals surface area contributed by atoms with Crippen LogP contribution in [0.1, 0.15) is 11.3 Å². The summed E-state index contributed by atoms with van der Waals surface area (Å²) in [5.74, 6) is 0.220. The smallest absolute Gasteiger partial charge is 0.125 e. The number of rotatable bonds is 1. The third-order valence-corrected chi connectivity index (χ3v) is 4.58. The molecule has 0 spiro atoms. The number of fused-ring (bicyclic) bond motifs is 4. The fourth-order valence-electron chi connectivity index (χ4n) is 3.42. The molecule has 0 atom stereocenters. The van der Waals surface area contributed by atoms with Crippen LogP contribution in [0.25, 0.3) is 22.3 Å². The van der Waals surface area contributed by atoms with E-state index in [-0.39, 0.29) is 5.75 Å². The Hall–Kier alpha value is -3.53. The molecule has 3 aromatic carbocycles. The second-order valence-corrected chi connectivity index (χ2v) is 6.28. The highest BCUT2D eigenvalue weighted by Gasteiger charge is 2.26. The molecule has 0 fully saturated rings. The van der Waals surface area contributed by atoms with Crippen molar-refractivity contribution in [1.82, 2.24) is 9.97 Å². The van der Waals surface area contributed by atoms with E-state index in [1.54, 1.807) is 6.07 Å². The van der Waals surface area contributed by atoms with Gasteiger partial charge in [-0.1, -0.05) is 42.5 Å². The Kier molecular flexibility index (Phi) is 3.28. The van der Waals surface area contributed by atoms with E-state index in [1.807, 2.05) is 66.7 Å². The van der Waals surface area contributed by atoms with Crippen LogP contribution in [-0.2, 0) is 6.42 Å². The standard InChI is InChI=1S/C22H15N3O/c26-20-12-6-9-15-21(20)18(23-14-7-2-1-3-8-14)13-19-22(15)25-17-11-5-4-10-16(17)24-19/h1-12,26H,13H2. The number of hydrogen-bond donors (Lipinski definition) is 1. The number of nitrogens with zero attached hydrogens (tertiary/aromatic N) is 3. The number of para-hydroxylation sites is 3. The fourth-order valence-corrected chi connectivity index (χ4v) is 3.42. The molecule has 0 amide bonds. The van der Waals surface area contributed by atoms with Gasteiger partial charge in [0.15, 0.2) is 0 Å². The lowest BCUT2D eigenvalue weighted by molar-refractivity contribution is 0.474. The molecule has 0 saturated heterocycles. The minimum atomic E-state index is 0.220. The Morgan fingerprint density at radius 3 is 2.31 bits per heavy atom. The van der Waals surface area contributed by atoms with Gasteiger partial charge in [0.1, 0.15) is 5.75 Å². The predicted molar refractivity (Wildman–Crippen MR) is 103 cm³/mol. The molecule has 1 N–H and O–H groups in total. The second kappa shape index (κ2) is 5.77. The molecule has 0 bridgehead atoms. The molecule has 0 aliphatic heterocycles. The Balaban J connectivity index is 1.78. The van der Waals surface area contributed by atoms with E-state index in [1.165, 1.54) is 0 Å². The zero-order valence-corrected chi connectivity index (χ0v) is 13.9. The molecular formula is C22H15N3O. The van der Waals surface area contributed by atoms with Gasteiger partial charge < -0.3 is 5.11 Å². The summed E-state index contributed by atoms with van der Waals surface area (Å²) in [7, 11) is 0. The van der Waals surface area contributed by atoms with E-state index in [9.17, 15) is 5.11 Å². The molecule has 1 aliphatic rings. The van der Waals surface area contributed by atoms with E-state index in [2.05, 4.69) is 0 Å². The summed E-state index contributed by atoms with van der Waals surface area (Å²) >= 11 is 0. The summed E-state index contributed by atoms with van der Waals surface area (Å²) in [5, 5.41) is 10.5. The van der Waals surface area contributed by atoms with Crippen molar-refractivity contribution < 1.29 is 5.11 Å². The monoisotopic (exact) mass is 337 g/mol. The molecule has 1 aliphatic carbocycles. The van der Waals surface area contributed by atoms with Crippen molar-refractivity contribution in [2.75, 3.05) is 0 Å². The molecule has 1 aromatic heterocycles. The lowest BCUT2D eigenvalue weighted by atomic mass is 9.89. The van der Waals surface area contributed by atoms with E-state index >= 15 is 0 Å². The van der Waals surface area contributed by atoms with Gasteiger partial charge in [-0.05, 0) is 30.3 Å². The Labute approximate surface area is 150 Å². The third-order valence-electron chi connectivity index (χ3n) is 4.58. The highest BCUT2D eigenvalue weighted by Crippen LogP contribution is 2.37. The van der Waals surface area contributed by atoms with Crippen LogP contribution in [0.5, 0.6) is 5.75 Å². The van der Waals surface area contributed by atoms with Gasteiger partial charge in [0, 0.05) is 17.5 Å². The maximum atomic E-state index is 10.5. The van der Waals surface area contributed by atoms with Gasteiger partial charge in [-0.2, -0.15) is 0 Å². The molecule has 4 heteroatoms. The average Bonchev–Trinajstić information content (AvgIpc) is 2.67. The van der Waals surface area contributed by atoms with Crippen LogP contribution >= 0.6 is 0 Å². The van der Waals surface area contributed by atoms with E-state index in [0.29, 0.717) is 6.42 Å². The Morgan fingerprint density at radius 1 is 0.769 bits per heavy atom. The number of benzene rings is 3. The van der Waals surface area contributed by atoms with E-state index in [0.717, 1.165) is 44.9 Å². The second-order valence-electron chi connectivity index (χ2n) is 6.28. The zero-order chi connectivity index (χ0) is 17.5. The molecule has 0 unspecified atom stereocenters. The van der Waals surface area contributed by atoms with Crippen molar-refractivity contribution in [1.29, 1.82) is 0 Å². The number of aromatic nitrogens is 2. The maximum Gasteiger partial charge on any atom is 0.125 e. The van der Waals surface area contributed by atoms with Crippen LogP contribution in [0.3, 0.4) is 0 Å². The summed E-state index contributed by atoms with van der Waals surface area (Å²) in [5.41, 5.74) is 6.71. The lowest BCUT2D eigenvalue weighted by Crippen LogP contribution is -2.16. The summed E-state index contributed by atoms with van der Waals surface area (Å²) in [6.45, 7) is 0. The average molecular weight is 337 g/mol. The Morgan fingerprint density at radius 2 is 1.50 bits per heavy atom. The van der Waals surface area contributed by atoms with Gasteiger partial charge in [0.05, 0.1) is 33.8 Å². The van der Waals surface area contributed by atoms with Crippen molar-refractivity contribution in [3.05, 3.63) is 84.1 Å². The van der Waals surface area contributed by atoms with Crippen LogP contribution < -0.4 is 0 Å². The van der Waals surface area contributed by atoms with Gasteiger partial charge in [-0.25, -0.2) is 9.97 Å². The molecular weight excluding hydrogens is 322 g/mol. The summed E-state index contributed by atoms with van der Waals surface area (Å²) in [4.78, 5) is 14.4. The zero-order valence-electron chi connectivity index (χ0n) is 13.9. The summed E-state index contributed by atoms with van der Waals surface area (Å²) < 4.78 is 0. The van der Waals surface area contributed by atoms with Gasteiger partial charge in [0.25, 0.3) is 0 Å². The lowest BCUT2D eigenvalue weighted by Gasteiger charge is -2.21. The summed E-state index contributed by atoms with van der Waals surface area (Å²) in [6.07, 6.45) is 0.534. The number of aromatic hydroxyl groups is 1. The van der Waals surface area contributed by atoms with E-state index in [4.69, 9.17) is 15.0 Å². The molecule has 0 radical (unpaired) electrons. The van der Waals surface area contributed by atoms with Gasteiger partial charge in [-0.3, -0.25) is 4.99 Å². The molecule has 0 saturated carbocycles. The number of phenolic OH excluding ortho intramolecular Hbond substituents is 1. The fraction of sp³-hybridized carbons (Fsp3) is 0.0455.